The van der Waals surface area contributed by atoms with Crippen LogP contribution >= 0.6 is 12.6 Å². The number of nitrogens with two attached hydrogens (primary N) is 1. The molecule has 0 radical (unpaired) electrons. The minimum Gasteiger partial charge on any atom is -0.494 e. The largest absolute Gasteiger partial charge is 0.494 e. The van der Waals surface area contributed by atoms with Gasteiger partial charge in [0.1, 0.15) is 0 Å². The van der Waals surface area contributed by atoms with Gasteiger partial charge in [-0.05, 0) is 68.6 Å². The zero-order chi connectivity index (χ0) is 32.2. The third-order valence-electron chi connectivity index (χ3n) is 8.57. The van der Waals surface area contributed by atoms with Crippen LogP contribution < -0.4 is 21.1 Å². The van der Waals surface area contributed by atoms with Gasteiger partial charge in [-0.25, -0.2) is 0 Å². The number of hydrogen-bond acceptors (Lipinski definition) is 11. The summed E-state index contributed by atoms with van der Waals surface area (Å²) in [5.41, 5.74) is 9.58. The predicted molar refractivity (Wildman–Crippen MR) is 170 cm³/mol. The molecule has 3 aliphatic rings. The first kappa shape index (κ1) is 34.4. The first-order valence-corrected chi connectivity index (χ1v) is 15.3. The number of hydrogen-bond donors (Lipinski definition) is 4. The first-order valence-electron chi connectivity index (χ1n) is 14.7. The van der Waals surface area contributed by atoms with E-state index in [1.807, 2.05) is 19.9 Å². The molecule has 0 saturated heterocycles. The van der Waals surface area contributed by atoms with Crippen molar-refractivity contribution in [3.63, 3.8) is 0 Å². The summed E-state index contributed by atoms with van der Waals surface area (Å²) in [6, 6.07) is -0.0821. The van der Waals surface area contributed by atoms with E-state index in [1.165, 1.54) is 14.2 Å². The first-order chi connectivity index (χ1) is 20.5. The smallest absolute Gasteiger partial charge is 0.236 e. The molecule has 1 aliphatic carbocycles. The molecule has 43 heavy (non-hydrogen) atoms. The monoisotopic (exact) mass is 615 g/mol. The second-order valence-corrected chi connectivity index (χ2v) is 11.7. The summed E-state index contributed by atoms with van der Waals surface area (Å²) in [5.74, 6) is 0.395. The van der Waals surface area contributed by atoms with Gasteiger partial charge in [0.15, 0.2) is 23.0 Å². The molecule has 0 fully saturated rings. The molecule has 4 N–H and O–H groups in total. The number of ketones is 2. The number of nitrogens with zero attached hydrogens (tertiary/aromatic N) is 2. The maximum atomic E-state index is 13.8. The summed E-state index contributed by atoms with van der Waals surface area (Å²) in [7, 11) is 4.70. The van der Waals surface area contributed by atoms with Crippen molar-refractivity contribution in [1.29, 1.82) is 0 Å². The molecule has 11 nitrogen and oxygen atoms in total. The number of aryl methyl sites for hydroxylation is 1. The standard InChI is InChI=1S/C29H39N5O6.C2H6S/c1-8-16-12-34-19(23(31-5)22-17(16)9-13(2)27(39-6)24(22)33-38)10-18-21(20(34)11-32-29(37)15(4)30)26(36)28(40-7)14(3)25(18)35;1-2-3/h9,15-16,19-20,23,31H,8,10-12,30H2,1-7H3,(H,32,37);3H,2H2,1H3. The van der Waals surface area contributed by atoms with E-state index in [9.17, 15) is 19.3 Å². The van der Waals surface area contributed by atoms with Gasteiger partial charge in [-0.2, -0.15) is 12.6 Å². The Morgan fingerprint density at radius 2 is 1.86 bits per heavy atom. The molecular formula is C31H45N5O6S. The van der Waals surface area contributed by atoms with E-state index < -0.39 is 18.1 Å². The van der Waals surface area contributed by atoms with Crippen LogP contribution in [0.5, 0.6) is 5.75 Å². The normalized spacial score (nSPS) is 24.1. The summed E-state index contributed by atoms with van der Waals surface area (Å²) in [5, 5.41) is 9.71. The number of likely N-dealkylation sites (N-methyl/N-ethyl adjacent to an activating group) is 1. The lowest BCUT2D eigenvalue weighted by molar-refractivity contribution is -0.123. The molecule has 4 rings (SSSR count). The van der Waals surface area contributed by atoms with Crippen molar-refractivity contribution in [3.8, 4) is 5.75 Å². The molecule has 1 aromatic carbocycles. The van der Waals surface area contributed by atoms with Gasteiger partial charge in [-0.15, -0.1) is 4.91 Å². The van der Waals surface area contributed by atoms with Crippen molar-refractivity contribution in [3.05, 3.63) is 50.1 Å². The van der Waals surface area contributed by atoms with Gasteiger partial charge < -0.3 is 25.8 Å². The Kier molecular flexibility index (Phi) is 11.7. The molecule has 2 heterocycles. The molecule has 236 valence electrons. The fourth-order valence-electron chi connectivity index (χ4n) is 6.62. The van der Waals surface area contributed by atoms with Crippen molar-refractivity contribution in [2.24, 2.45) is 10.9 Å². The highest BCUT2D eigenvalue weighted by Crippen LogP contribution is 2.50. The Morgan fingerprint density at radius 3 is 2.37 bits per heavy atom. The van der Waals surface area contributed by atoms with Crippen molar-refractivity contribution >= 4 is 35.8 Å². The summed E-state index contributed by atoms with van der Waals surface area (Å²) >= 11 is 3.79. The molecular weight excluding hydrogens is 570 g/mol. The number of carbonyl (C=O) groups is 3. The van der Waals surface area contributed by atoms with E-state index in [-0.39, 0.29) is 59.4 Å². The third-order valence-corrected chi connectivity index (χ3v) is 8.57. The van der Waals surface area contributed by atoms with Crippen LogP contribution in [-0.2, 0) is 19.1 Å². The molecule has 0 saturated carbocycles. The second-order valence-electron chi connectivity index (χ2n) is 11.1. The number of nitrogens with one attached hydrogen (secondary N) is 2. The highest BCUT2D eigenvalue weighted by atomic mass is 32.1. The quantitative estimate of drug-likeness (QED) is 0.196. The molecule has 12 heteroatoms. The highest BCUT2D eigenvalue weighted by molar-refractivity contribution is 7.80. The molecule has 5 atom stereocenters. The van der Waals surface area contributed by atoms with Gasteiger partial charge in [-0.1, -0.05) is 19.9 Å². The van der Waals surface area contributed by atoms with Gasteiger partial charge in [-0.3, -0.25) is 19.3 Å². The number of Topliss-reactive ketones (excluding diaryl/α,β-unsaturated/α-hetero) is 2. The maximum Gasteiger partial charge on any atom is 0.236 e. The van der Waals surface area contributed by atoms with Crippen LogP contribution in [0.3, 0.4) is 0 Å². The lowest BCUT2D eigenvalue weighted by Crippen LogP contribution is -2.59. The number of methoxy groups -OCH3 is 2. The maximum absolute atomic E-state index is 13.8. The van der Waals surface area contributed by atoms with Crippen molar-refractivity contribution in [2.45, 2.75) is 77.5 Å². The number of thiol groups is 1. The van der Waals surface area contributed by atoms with E-state index in [4.69, 9.17) is 15.2 Å². The zero-order valence-corrected chi connectivity index (χ0v) is 27.3. The molecule has 0 spiro atoms. The highest BCUT2D eigenvalue weighted by Gasteiger charge is 2.50. The van der Waals surface area contributed by atoms with Crippen LogP contribution in [0, 0.1) is 11.8 Å². The number of carbonyl (C=O) groups excluding carboxylic acids is 3. The molecule has 0 bridgehead atoms. The second kappa shape index (κ2) is 14.6. The fourth-order valence-corrected chi connectivity index (χ4v) is 6.62. The van der Waals surface area contributed by atoms with E-state index in [1.54, 1.807) is 20.9 Å². The molecule has 0 aromatic heterocycles. The van der Waals surface area contributed by atoms with Gasteiger partial charge >= 0.3 is 0 Å². The minimum absolute atomic E-state index is 0.0221. The summed E-state index contributed by atoms with van der Waals surface area (Å²) in [4.78, 5) is 54.6. The molecule has 2 aliphatic heterocycles. The minimum atomic E-state index is -0.744. The summed E-state index contributed by atoms with van der Waals surface area (Å²) in [6.07, 6.45) is 1.01. The van der Waals surface area contributed by atoms with Crippen LogP contribution in [0.15, 0.2) is 33.7 Å². The Bertz CT molecular complexity index is 1340. The van der Waals surface area contributed by atoms with E-state index in [0.29, 0.717) is 23.4 Å². The Balaban J connectivity index is 0.00000162. The van der Waals surface area contributed by atoms with Gasteiger partial charge in [0.25, 0.3) is 0 Å². The van der Waals surface area contributed by atoms with Crippen LogP contribution in [0.1, 0.15) is 69.2 Å². The number of nitroso groups, excluding NO2 is 1. The Morgan fingerprint density at radius 1 is 1.21 bits per heavy atom. The lowest BCUT2D eigenvalue weighted by Gasteiger charge is -2.47. The van der Waals surface area contributed by atoms with Crippen molar-refractivity contribution in [1.82, 2.24) is 15.5 Å². The van der Waals surface area contributed by atoms with Crippen LogP contribution in [-0.4, -0.2) is 80.6 Å². The average molecular weight is 616 g/mol. The van der Waals surface area contributed by atoms with Gasteiger partial charge in [0.2, 0.25) is 11.7 Å². The topological polar surface area (TPSA) is 152 Å². The zero-order valence-electron chi connectivity index (χ0n) is 26.4. The summed E-state index contributed by atoms with van der Waals surface area (Å²) in [6.45, 7) is 9.73. The molecule has 1 aromatic rings. The van der Waals surface area contributed by atoms with Crippen LogP contribution in [0.4, 0.5) is 5.69 Å². The summed E-state index contributed by atoms with van der Waals surface area (Å²) < 4.78 is 11.0. The van der Waals surface area contributed by atoms with Crippen molar-refractivity contribution < 1.29 is 23.9 Å². The predicted octanol–water partition coefficient (Wildman–Crippen LogP) is 3.38. The Hall–Kier alpha value is -3.06. The number of rotatable bonds is 8. The van der Waals surface area contributed by atoms with E-state index in [2.05, 4.69) is 40.3 Å². The van der Waals surface area contributed by atoms with Gasteiger partial charge in [0.05, 0.1) is 32.3 Å². The number of amides is 1. The number of benzene rings is 1. The lowest BCUT2D eigenvalue weighted by atomic mass is 9.76. The van der Waals surface area contributed by atoms with Crippen molar-refractivity contribution in [2.75, 3.05) is 40.1 Å². The van der Waals surface area contributed by atoms with Gasteiger partial charge in [0, 0.05) is 41.4 Å². The Labute approximate surface area is 259 Å². The van der Waals surface area contributed by atoms with Crippen LogP contribution in [0.2, 0.25) is 0 Å². The average Bonchev–Trinajstić information content (AvgIpc) is 3.11. The van der Waals surface area contributed by atoms with Crippen LogP contribution in [0.25, 0.3) is 0 Å². The number of fused-ring (bicyclic) bond motifs is 2. The fraction of sp³-hybridized carbons (Fsp3) is 0.581. The molecule has 5 unspecified atom stereocenters. The van der Waals surface area contributed by atoms with E-state index in [0.717, 1.165) is 28.9 Å². The van der Waals surface area contributed by atoms with E-state index >= 15 is 0 Å². The number of ether oxygens (including phenoxy) is 2. The number of allylic oxidation sites excluding steroid dienone is 2. The molecule has 1 amide bonds. The SMILES string of the molecule is CCC1CN2C(CNC(=O)C(C)N)C3=C(CC2C(NC)c2c1cc(C)c(OC)c2N=O)C(=O)C(C)=C(OC)C3=O.CCS. The third kappa shape index (κ3) is 6.29.